The molecular formula is C6H3F4N. The molecule has 1 aliphatic rings. The lowest BCUT2D eigenvalue weighted by Gasteiger charge is -2.06. The lowest BCUT2D eigenvalue weighted by Crippen LogP contribution is -2.11. The smallest absolute Gasteiger partial charge is 0.201 e. The number of alkyl halides is 3. The maximum atomic E-state index is 12.0. The van der Waals surface area contributed by atoms with Crippen molar-refractivity contribution in [2.45, 2.75) is 12.6 Å². The predicted molar refractivity (Wildman–Crippen MR) is 30.8 cm³/mol. The molecule has 0 saturated carbocycles. The second kappa shape index (κ2) is 2.51. The summed E-state index contributed by atoms with van der Waals surface area (Å²) in [6.45, 7) is 0. The molecule has 1 aliphatic heterocycles. The van der Waals surface area contributed by atoms with Crippen LogP contribution in [-0.2, 0) is 0 Å². The fraction of sp³-hybridized carbons (Fsp3) is 0.333. The molecule has 0 bridgehead atoms. The van der Waals surface area contributed by atoms with Crippen LogP contribution in [0.2, 0.25) is 0 Å². The molecule has 0 aromatic carbocycles. The van der Waals surface area contributed by atoms with Gasteiger partial charge >= 0.3 is 6.18 Å². The van der Waals surface area contributed by atoms with Crippen LogP contribution in [0, 0.1) is 0 Å². The molecular weight excluding hydrogens is 162 g/mol. The van der Waals surface area contributed by atoms with Crippen molar-refractivity contribution < 1.29 is 17.6 Å². The zero-order valence-electron chi connectivity index (χ0n) is 5.24. The molecule has 1 heterocycles. The van der Waals surface area contributed by atoms with E-state index in [1.165, 1.54) is 0 Å². The summed E-state index contributed by atoms with van der Waals surface area (Å²) in [4.78, 5) is 2.76. The third-order valence-electron chi connectivity index (χ3n) is 1.06. The van der Waals surface area contributed by atoms with Crippen molar-refractivity contribution in [2.75, 3.05) is 0 Å². The van der Waals surface area contributed by atoms with Crippen molar-refractivity contribution in [2.24, 2.45) is 4.99 Å². The standard InChI is InChI=1S/C6H3F4N/c7-4-1-2-5(11-3-4)6(8,9)10/h2H,1H2. The molecule has 5 heteroatoms. The van der Waals surface area contributed by atoms with E-state index < -0.39 is 17.7 Å². The monoisotopic (exact) mass is 165 g/mol. The van der Waals surface area contributed by atoms with Gasteiger partial charge in [-0.1, -0.05) is 0 Å². The number of rotatable bonds is 0. The fourth-order valence-electron chi connectivity index (χ4n) is 0.578. The number of aliphatic imine (C=N–C) groups is 1. The van der Waals surface area contributed by atoms with Gasteiger partial charge in [-0.25, -0.2) is 4.39 Å². The zero-order chi connectivity index (χ0) is 8.48. The molecule has 0 amide bonds. The molecule has 0 spiro atoms. The second-order valence-corrected chi connectivity index (χ2v) is 1.92. The molecule has 0 aliphatic carbocycles. The van der Waals surface area contributed by atoms with Crippen molar-refractivity contribution in [3.05, 3.63) is 17.6 Å². The Morgan fingerprint density at radius 3 is 2.45 bits per heavy atom. The largest absolute Gasteiger partial charge is 0.433 e. The molecule has 0 atom stereocenters. The normalized spacial score (nSPS) is 17.8. The van der Waals surface area contributed by atoms with Gasteiger partial charge in [-0.3, -0.25) is 0 Å². The number of halogens is 4. The van der Waals surface area contributed by atoms with Crippen LogP contribution in [0.25, 0.3) is 0 Å². The minimum absolute atomic E-state index is 0.377. The van der Waals surface area contributed by atoms with Gasteiger partial charge in [-0.05, 0) is 6.08 Å². The lowest BCUT2D eigenvalue weighted by molar-refractivity contribution is -0.0925. The third-order valence-corrected chi connectivity index (χ3v) is 1.06. The minimum atomic E-state index is -4.49. The average Bonchev–Trinajstić information content (AvgIpc) is 1.86. The van der Waals surface area contributed by atoms with E-state index >= 15 is 0 Å². The van der Waals surface area contributed by atoms with Crippen molar-refractivity contribution in [1.82, 2.24) is 0 Å². The summed E-state index contributed by atoms with van der Waals surface area (Å²) in [5.74, 6) is 0.846. The highest BCUT2D eigenvalue weighted by Gasteiger charge is 2.34. The maximum Gasteiger partial charge on any atom is 0.433 e. The second-order valence-electron chi connectivity index (χ2n) is 1.92. The van der Waals surface area contributed by atoms with Gasteiger partial charge in [-0.15, -0.1) is 0 Å². The molecule has 0 saturated heterocycles. The molecule has 0 N–H and O–H groups in total. The van der Waals surface area contributed by atoms with Crippen molar-refractivity contribution in [3.63, 3.8) is 0 Å². The van der Waals surface area contributed by atoms with Crippen LogP contribution < -0.4 is 0 Å². The van der Waals surface area contributed by atoms with Gasteiger partial charge in [0.05, 0.1) is 0 Å². The van der Waals surface area contributed by atoms with E-state index in [1.54, 1.807) is 5.87 Å². The van der Waals surface area contributed by atoms with E-state index in [0.29, 0.717) is 6.08 Å². The molecule has 0 fully saturated rings. The Morgan fingerprint density at radius 2 is 2.09 bits per heavy atom. The van der Waals surface area contributed by atoms with Crippen LogP contribution in [0.4, 0.5) is 17.6 Å². The summed E-state index contributed by atoms with van der Waals surface area (Å²) in [7, 11) is 0. The zero-order valence-corrected chi connectivity index (χ0v) is 5.24. The first kappa shape index (κ1) is 8.01. The highest BCUT2D eigenvalue weighted by molar-refractivity contribution is 5.59. The van der Waals surface area contributed by atoms with E-state index in [2.05, 4.69) is 4.99 Å². The third kappa shape index (κ3) is 1.91. The Hall–Kier alpha value is -1.09. The van der Waals surface area contributed by atoms with Crippen LogP contribution in [0.15, 0.2) is 22.6 Å². The molecule has 1 rings (SSSR count). The lowest BCUT2D eigenvalue weighted by atomic mass is 10.3. The highest BCUT2D eigenvalue weighted by atomic mass is 19.4. The van der Waals surface area contributed by atoms with Crippen molar-refractivity contribution in [1.29, 1.82) is 0 Å². The quantitative estimate of drug-likeness (QED) is 0.488. The number of hydrogen-bond donors (Lipinski definition) is 0. The molecule has 60 valence electrons. The van der Waals surface area contributed by atoms with Gasteiger partial charge in [-0.2, -0.15) is 18.2 Å². The topological polar surface area (TPSA) is 12.4 Å². The summed E-state index contributed by atoms with van der Waals surface area (Å²) in [5.41, 5.74) is -1.08. The Balaban J connectivity index is 2.89. The Labute approximate surface area is 59.7 Å². The Bertz CT molecular complexity index is 254. The van der Waals surface area contributed by atoms with Crippen LogP contribution in [-0.4, -0.2) is 12.0 Å². The summed E-state index contributed by atoms with van der Waals surface area (Å²) in [6.07, 6.45) is -4.18. The fourth-order valence-corrected chi connectivity index (χ4v) is 0.578. The van der Waals surface area contributed by atoms with Gasteiger partial charge < -0.3 is 0 Å². The first-order valence-electron chi connectivity index (χ1n) is 2.75. The van der Waals surface area contributed by atoms with Gasteiger partial charge in [0.15, 0.2) is 11.5 Å². The van der Waals surface area contributed by atoms with Crippen LogP contribution in [0.5, 0.6) is 0 Å². The number of allylic oxidation sites excluding steroid dienone is 3. The minimum Gasteiger partial charge on any atom is -0.201 e. The van der Waals surface area contributed by atoms with E-state index in [4.69, 9.17) is 0 Å². The van der Waals surface area contributed by atoms with E-state index in [0.717, 1.165) is 0 Å². The molecule has 0 aromatic rings. The summed E-state index contributed by atoms with van der Waals surface area (Å²) in [6, 6.07) is 0. The number of hydrogen-bond acceptors (Lipinski definition) is 1. The average molecular weight is 165 g/mol. The highest BCUT2D eigenvalue weighted by Crippen LogP contribution is 2.28. The van der Waals surface area contributed by atoms with Crippen LogP contribution in [0.3, 0.4) is 0 Å². The van der Waals surface area contributed by atoms with E-state index in [-0.39, 0.29) is 6.42 Å². The maximum absolute atomic E-state index is 12.0. The van der Waals surface area contributed by atoms with Gasteiger partial charge in [0, 0.05) is 12.3 Å². The first-order valence-corrected chi connectivity index (χ1v) is 2.75. The summed E-state index contributed by atoms with van der Waals surface area (Å²) >= 11 is 0. The molecule has 11 heavy (non-hydrogen) atoms. The van der Waals surface area contributed by atoms with Gasteiger partial charge in [0.2, 0.25) is 0 Å². The summed E-state index contributed by atoms with van der Waals surface area (Å²) < 4.78 is 47.2. The predicted octanol–water partition coefficient (Wildman–Crippen LogP) is 2.36. The molecule has 0 radical (unpaired) electrons. The Kier molecular flexibility index (Phi) is 1.83. The van der Waals surface area contributed by atoms with Gasteiger partial charge in [0.25, 0.3) is 0 Å². The van der Waals surface area contributed by atoms with Crippen molar-refractivity contribution in [3.8, 4) is 0 Å². The van der Waals surface area contributed by atoms with E-state index in [9.17, 15) is 17.6 Å². The first-order chi connectivity index (χ1) is 5.00. The molecule has 0 aromatic heterocycles. The van der Waals surface area contributed by atoms with Crippen molar-refractivity contribution >= 4 is 5.87 Å². The Morgan fingerprint density at radius 1 is 1.45 bits per heavy atom. The number of nitrogens with zero attached hydrogens (tertiary/aromatic N) is 1. The van der Waals surface area contributed by atoms with Crippen LogP contribution >= 0.6 is 0 Å². The van der Waals surface area contributed by atoms with Gasteiger partial charge in [0.1, 0.15) is 0 Å². The molecule has 1 nitrogen and oxygen atoms in total. The molecule has 0 unspecified atom stereocenters. The SMILES string of the molecule is FC1=C=NC(C(F)(F)F)=CC1. The summed E-state index contributed by atoms with van der Waals surface area (Å²) in [5, 5.41) is 0. The van der Waals surface area contributed by atoms with E-state index in [1.807, 2.05) is 0 Å². The van der Waals surface area contributed by atoms with Crippen LogP contribution in [0.1, 0.15) is 6.42 Å².